The molecule has 1 aromatic heterocycles. The largest absolute Gasteiger partial charge is 0.394 e. The van der Waals surface area contributed by atoms with Crippen LogP contribution in [0.15, 0.2) is 24.3 Å². The standard InChI is InChI=1S/C14H21N3O2S/c1-20-7-6-11(15)14-16-12-4-2-3-5-13(12)17(14)8-10(19)9-18/h2-5,10-11,18-19H,6-9,15H2,1H3. The lowest BCUT2D eigenvalue weighted by Gasteiger charge is -2.16. The molecule has 0 aliphatic carbocycles. The number of nitrogens with zero attached hydrogens (tertiary/aromatic N) is 2. The van der Waals surface area contributed by atoms with Gasteiger partial charge in [0, 0.05) is 0 Å². The molecule has 110 valence electrons. The van der Waals surface area contributed by atoms with Crippen molar-refractivity contribution in [3.05, 3.63) is 30.1 Å². The summed E-state index contributed by atoms with van der Waals surface area (Å²) in [5.74, 6) is 1.74. The summed E-state index contributed by atoms with van der Waals surface area (Å²) in [7, 11) is 0. The summed E-state index contributed by atoms with van der Waals surface area (Å²) in [5.41, 5.74) is 8.03. The highest BCUT2D eigenvalue weighted by Crippen LogP contribution is 2.22. The first-order chi connectivity index (χ1) is 9.67. The molecular formula is C14H21N3O2S. The van der Waals surface area contributed by atoms with E-state index in [4.69, 9.17) is 10.8 Å². The van der Waals surface area contributed by atoms with E-state index in [1.807, 2.05) is 35.1 Å². The van der Waals surface area contributed by atoms with Crippen LogP contribution < -0.4 is 5.73 Å². The van der Waals surface area contributed by atoms with E-state index >= 15 is 0 Å². The van der Waals surface area contributed by atoms with Gasteiger partial charge in [-0.05, 0) is 30.6 Å². The number of fused-ring (bicyclic) bond motifs is 1. The summed E-state index contributed by atoms with van der Waals surface area (Å²) in [5, 5.41) is 18.8. The summed E-state index contributed by atoms with van der Waals surface area (Å²) < 4.78 is 1.92. The minimum absolute atomic E-state index is 0.166. The fraction of sp³-hybridized carbons (Fsp3) is 0.500. The Balaban J connectivity index is 2.38. The highest BCUT2D eigenvalue weighted by Gasteiger charge is 2.18. The third kappa shape index (κ3) is 3.32. The molecule has 0 saturated heterocycles. The normalized spacial score (nSPS) is 14.6. The van der Waals surface area contributed by atoms with Gasteiger partial charge < -0.3 is 20.5 Å². The Labute approximate surface area is 122 Å². The SMILES string of the molecule is CSCCC(N)c1nc2ccccc2n1CC(O)CO. The predicted octanol–water partition coefficient (Wildman–Crippen LogP) is 1.14. The van der Waals surface area contributed by atoms with Gasteiger partial charge in [0.2, 0.25) is 0 Å². The smallest absolute Gasteiger partial charge is 0.126 e. The van der Waals surface area contributed by atoms with Crippen LogP contribution in [0.5, 0.6) is 0 Å². The molecule has 20 heavy (non-hydrogen) atoms. The Bertz CT molecular complexity index is 558. The van der Waals surface area contributed by atoms with Crippen molar-refractivity contribution in [3.8, 4) is 0 Å². The summed E-state index contributed by atoms with van der Waals surface area (Å²) in [6.45, 7) is 0.0330. The van der Waals surface area contributed by atoms with Crippen LogP contribution in [0, 0.1) is 0 Å². The second-order valence-electron chi connectivity index (χ2n) is 4.79. The van der Waals surface area contributed by atoms with Gasteiger partial charge in [0.05, 0.1) is 36.3 Å². The average molecular weight is 295 g/mol. The number of thioether (sulfide) groups is 1. The molecule has 5 nitrogen and oxygen atoms in total. The fourth-order valence-corrected chi connectivity index (χ4v) is 2.70. The van der Waals surface area contributed by atoms with Crippen LogP contribution in [0.1, 0.15) is 18.3 Å². The lowest BCUT2D eigenvalue weighted by Crippen LogP contribution is -2.24. The molecular weight excluding hydrogens is 274 g/mol. The van der Waals surface area contributed by atoms with E-state index < -0.39 is 6.10 Å². The number of benzene rings is 1. The molecule has 0 amide bonds. The number of aliphatic hydroxyl groups is 2. The molecule has 0 saturated carbocycles. The van der Waals surface area contributed by atoms with Crippen molar-refractivity contribution in [2.24, 2.45) is 5.73 Å². The molecule has 0 aliphatic heterocycles. The van der Waals surface area contributed by atoms with Crippen molar-refractivity contribution in [3.63, 3.8) is 0 Å². The Morgan fingerprint density at radius 1 is 1.40 bits per heavy atom. The number of aliphatic hydroxyl groups excluding tert-OH is 2. The lowest BCUT2D eigenvalue weighted by molar-refractivity contribution is 0.0811. The summed E-state index contributed by atoms with van der Waals surface area (Å²) in [6.07, 6.45) is 2.07. The molecule has 1 heterocycles. The van der Waals surface area contributed by atoms with E-state index in [-0.39, 0.29) is 12.6 Å². The molecule has 2 atom stereocenters. The van der Waals surface area contributed by atoms with Crippen LogP contribution in [0.25, 0.3) is 11.0 Å². The zero-order valence-electron chi connectivity index (χ0n) is 11.6. The highest BCUT2D eigenvalue weighted by molar-refractivity contribution is 7.98. The van der Waals surface area contributed by atoms with Crippen molar-refractivity contribution < 1.29 is 10.2 Å². The van der Waals surface area contributed by atoms with E-state index in [9.17, 15) is 5.11 Å². The van der Waals surface area contributed by atoms with Gasteiger partial charge in [-0.25, -0.2) is 4.98 Å². The molecule has 2 aromatic rings. The van der Waals surface area contributed by atoms with Crippen LogP contribution >= 0.6 is 11.8 Å². The first-order valence-corrected chi connectivity index (χ1v) is 8.05. The van der Waals surface area contributed by atoms with Crippen molar-refractivity contribution in [1.29, 1.82) is 0 Å². The van der Waals surface area contributed by atoms with E-state index in [1.54, 1.807) is 11.8 Å². The minimum atomic E-state index is -0.806. The van der Waals surface area contributed by atoms with E-state index in [2.05, 4.69) is 4.98 Å². The van der Waals surface area contributed by atoms with E-state index in [0.717, 1.165) is 29.0 Å². The zero-order valence-corrected chi connectivity index (χ0v) is 12.4. The third-order valence-corrected chi connectivity index (χ3v) is 3.90. The molecule has 0 bridgehead atoms. The van der Waals surface area contributed by atoms with Gasteiger partial charge in [0.1, 0.15) is 5.82 Å². The zero-order chi connectivity index (χ0) is 14.5. The van der Waals surface area contributed by atoms with Gasteiger partial charge in [-0.1, -0.05) is 12.1 Å². The first-order valence-electron chi connectivity index (χ1n) is 6.66. The number of nitrogens with two attached hydrogens (primary N) is 1. The van der Waals surface area contributed by atoms with Crippen LogP contribution in [0.2, 0.25) is 0 Å². The van der Waals surface area contributed by atoms with Gasteiger partial charge in [0.25, 0.3) is 0 Å². The van der Waals surface area contributed by atoms with E-state index in [0.29, 0.717) is 6.54 Å². The van der Waals surface area contributed by atoms with Crippen molar-refractivity contribution in [1.82, 2.24) is 9.55 Å². The van der Waals surface area contributed by atoms with Gasteiger partial charge in [-0.3, -0.25) is 0 Å². The summed E-state index contributed by atoms with van der Waals surface area (Å²) in [4.78, 5) is 4.59. The Kier molecular flexibility index (Phi) is 5.42. The number of rotatable bonds is 7. The highest BCUT2D eigenvalue weighted by atomic mass is 32.2. The minimum Gasteiger partial charge on any atom is -0.394 e. The summed E-state index contributed by atoms with van der Waals surface area (Å²) in [6, 6.07) is 7.59. The van der Waals surface area contributed by atoms with Gasteiger partial charge in [-0.15, -0.1) is 0 Å². The topological polar surface area (TPSA) is 84.3 Å². The molecule has 4 N–H and O–H groups in total. The van der Waals surface area contributed by atoms with Gasteiger partial charge >= 0.3 is 0 Å². The molecule has 0 aliphatic rings. The van der Waals surface area contributed by atoms with E-state index in [1.165, 1.54) is 0 Å². The van der Waals surface area contributed by atoms with Gasteiger partial charge in [0.15, 0.2) is 0 Å². The Morgan fingerprint density at radius 3 is 2.85 bits per heavy atom. The molecule has 0 fully saturated rings. The quantitative estimate of drug-likeness (QED) is 0.713. The van der Waals surface area contributed by atoms with Crippen LogP contribution in [-0.2, 0) is 6.54 Å². The Hall–Kier alpha value is -1.08. The van der Waals surface area contributed by atoms with Crippen LogP contribution in [0.3, 0.4) is 0 Å². The van der Waals surface area contributed by atoms with Crippen LogP contribution in [0.4, 0.5) is 0 Å². The number of aromatic nitrogens is 2. The third-order valence-electron chi connectivity index (χ3n) is 3.25. The lowest BCUT2D eigenvalue weighted by atomic mass is 10.2. The number of hydrogen-bond donors (Lipinski definition) is 3. The monoisotopic (exact) mass is 295 g/mol. The molecule has 2 rings (SSSR count). The predicted molar refractivity (Wildman–Crippen MR) is 82.8 cm³/mol. The number of imidazole rings is 1. The average Bonchev–Trinajstić information content (AvgIpc) is 2.83. The maximum absolute atomic E-state index is 9.73. The van der Waals surface area contributed by atoms with Crippen LogP contribution in [-0.4, -0.2) is 44.5 Å². The van der Waals surface area contributed by atoms with Gasteiger partial charge in [-0.2, -0.15) is 11.8 Å². The maximum Gasteiger partial charge on any atom is 0.126 e. The number of para-hydroxylation sites is 2. The molecule has 2 unspecified atom stereocenters. The molecule has 6 heteroatoms. The number of hydrogen-bond acceptors (Lipinski definition) is 5. The van der Waals surface area contributed by atoms with Crippen molar-refractivity contribution in [2.45, 2.75) is 25.1 Å². The second kappa shape index (κ2) is 7.08. The fourth-order valence-electron chi connectivity index (χ4n) is 2.21. The maximum atomic E-state index is 9.73. The molecule has 1 aromatic carbocycles. The van der Waals surface area contributed by atoms with Crippen molar-refractivity contribution in [2.75, 3.05) is 18.6 Å². The molecule has 0 spiro atoms. The second-order valence-corrected chi connectivity index (χ2v) is 5.78. The van der Waals surface area contributed by atoms with Crippen molar-refractivity contribution >= 4 is 22.8 Å². The molecule has 0 radical (unpaired) electrons. The Morgan fingerprint density at radius 2 is 2.15 bits per heavy atom. The first kappa shape index (κ1) is 15.3. The summed E-state index contributed by atoms with van der Waals surface area (Å²) >= 11 is 1.75.